The highest BCUT2D eigenvalue weighted by Gasteiger charge is 2.26. The van der Waals surface area contributed by atoms with Gasteiger partial charge in [0.1, 0.15) is 0 Å². The largest absolute Gasteiger partial charge is 0.492 e. The fourth-order valence-corrected chi connectivity index (χ4v) is 3.99. The molecule has 2 rings (SSSR count). The van der Waals surface area contributed by atoms with Gasteiger partial charge in [-0.05, 0) is 37.1 Å². The summed E-state index contributed by atoms with van der Waals surface area (Å²) >= 11 is 0. The maximum atomic E-state index is 12.3. The Balaban J connectivity index is 1.99. The van der Waals surface area contributed by atoms with Crippen molar-refractivity contribution >= 4 is 29.4 Å². The molecule has 12 nitrogen and oxygen atoms in total. The third-order valence-electron chi connectivity index (χ3n) is 4.26. The van der Waals surface area contributed by atoms with Crippen molar-refractivity contribution in [2.75, 3.05) is 13.1 Å². The van der Waals surface area contributed by atoms with Gasteiger partial charge in [0.05, 0.1) is 11.4 Å². The highest BCUT2D eigenvalue weighted by molar-refractivity contribution is 6.56. The van der Waals surface area contributed by atoms with Gasteiger partial charge in [0, 0.05) is 48.7 Å². The Hall–Kier alpha value is -2.57. The Morgan fingerprint density at radius 2 is 1.09 bits per heavy atom. The van der Waals surface area contributed by atoms with Gasteiger partial charge in [0.15, 0.2) is 0 Å². The van der Waals surface area contributed by atoms with Gasteiger partial charge in [-0.2, -0.15) is 0 Å². The molecular formula is C18H26N4O8Si2. The van der Waals surface area contributed by atoms with Crippen LogP contribution in [0.5, 0.6) is 0 Å². The summed E-state index contributed by atoms with van der Waals surface area (Å²) in [5, 5.41) is 5.21. The third kappa shape index (κ3) is 9.29. The van der Waals surface area contributed by atoms with Crippen molar-refractivity contribution in [3.8, 4) is 11.4 Å². The Morgan fingerprint density at radius 1 is 0.719 bits per heavy atom. The molecule has 2 aromatic heterocycles. The summed E-state index contributed by atoms with van der Waals surface area (Å²) in [4.78, 5) is 86.8. The maximum absolute atomic E-state index is 12.3. The summed E-state index contributed by atoms with van der Waals surface area (Å²) in [6, 6.07) is 5.61. The van der Waals surface area contributed by atoms with E-state index in [4.69, 9.17) is 28.8 Å². The first-order chi connectivity index (χ1) is 14.9. The highest BCUT2D eigenvalue weighted by Crippen LogP contribution is 2.17. The summed E-state index contributed by atoms with van der Waals surface area (Å²) in [5.74, 6) is -0.834. The van der Waals surface area contributed by atoms with Gasteiger partial charge in [-0.15, -0.1) is 0 Å². The summed E-state index contributed by atoms with van der Waals surface area (Å²) in [7, 11) is -8.26. The first-order valence-electron chi connectivity index (χ1n) is 9.78. The van der Waals surface area contributed by atoms with Crippen LogP contribution in [0.4, 0.5) is 0 Å². The molecule has 174 valence electrons. The Morgan fingerprint density at radius 3 is 1.44 bits per heavy atom. The van der Waals surface area contributed by atoms with Gasteiger partial charge in [-0.1, -0.05) is 0 Å². The van der Waals surface area contributed by atoms with E-state index >= 15 is 0 Å². The molecule has 0 radical (unpaired) electrons. The van der Waals surface area contributed by atoms with Crippen LogP contribution >= 0.6 is 0 Å². The van der Waals surface area contributed by atoms with E-state index in [1.54, 1.807) is 0 Å². The number of rotatable bonds is 11. The number of carbonyl (C=O) groups is 2. The van der Waals surface area contributed by atoms with Crippen LogP contribution < -0.4 is 10.6 Å². The van der Waals surface area contributed by atoms with Crippen molar-refractivity contribution in [1.82, 2.24) is 20.6 Å². The van der Waals surface area contributed by atoms with Crippen molar-refractivity contribution in [2.24, 2.45) is 0 Å². The smallest absolute Gasteiger partial charge is 0.390 e. The molecule has 8 N–H and O–H groups in total. The van der Waals surface area contributed by atoms with Crippen LogP contribution in [0.2, 0.25) is 12.1 Å². The molecule has 14 heteroatoms. The van der Waals surface area contributed by atoms with Crippen LogP contribution in [0.25, 0.3) is 11.4 Å². The van der Waals surface area contributed by atoms with E-state index in [9.17, 15) is 9.59 Å². The molecule has 2 amide bonds. The highest BCUT2D eigenvalue weighted by atomic mass is 28.4. The SMILES string of the molecule is O=C(NCCC[Si](O)(O)O)c1ccnc(-c2cc(C(=O)NCCC[Si](O)(O)O)ccn2)c1. The van der Waals surface area contributed by atoms with E-state index < -0.39 is 29.4 Å². The molecule has 2 heterocycles. The second-order valence-corrected chi connectivity index (χ2v) is 11.2. The van der Waals surface area contributed by atoms with Crippen molar-refractivity contribution in [1.29, 1.82) is 0 Å². The lowest BCUT2D eigenvalue weighted by Crippen LogP contribution is -2.35. The molecule has 0 aliphatic carbocycles. The molecule has 0 saturated heterocycles. The minimum atomic E-state index is -4.13. The molecule has 0 bridgehead atoms. The van der Waals surface area contributed by atoms with E-state index in [1.807, 2.05) is 0 Å². The van der Waals surface area contributed by atoms with Gasteiger partial charge < -0.3 is 39.4 Å². The lowest BCUT2D eigenvalue weighted by atomic mass is 10.1. The zero-order valence-electron chi connectivity index (χ0n) is 17.1. The number of nitrogens with one attached hydrogen (secondary N) is 2. The summed E-state index contributed by atoms with van der Waals surface area (Å²) in [5.41, 5.74) is 1.29. The van der Waals surface area contributed by atoms with Crippen molar-refractivity contribution in [2.45, 2.75) is 24.9 Å². The zero-order valence-corrected chi connectivity index (χ0v) is 19.1. The standard InChI is InChI=1S/C18H26N4O8Si2/c23-17(21-5-1-9-31(25,26)27)13-3-7-19-15(11-13)16-12-14(4-8-20-16)18(24)22-6-2-10-32(28,29)30/h3-4,7-8,11-12,25-30H,1-2,5-6,9-10H2,(H,21,23)(H,22,24). The molecule has 0 fully saturated rings. The van der Waals surface area contributed by atoms with Gasteiger partial charge in [0.25, 0.3) is 11.8 Å². The average molecular weight is 483 g/mol. The molecule has 0 unspecified atom stereocenters. The summed E-state index contributed by atoms with van der Waals surface area (Å²) in [6.45, 7) is 0.292. The molecular weight excluding hydrogens is 456 g/mol. The lowest BCUT2D eigenvalue weighted by Gasteiger charge is -2.10. The Bertz CT molecular complexity index is 858. The van der Waals surface area contributed by atoms with Crippen molar-refractivity contribution in [3.05, 3.63) is 47.8 Å². The van der Waals surface area contributed by atoms with Gasteiger partial charge in [-0.25, -0.2) is 0 Å². The maximum Gasteiger partial charge on any atom is 0.492 e. The monoisotopic (exact) mass is 482 g/mol. The van der Waals surface area contributed by atoms with E-state index in [0.29, 0.717) is 11.4 Å². The molecule has 0 aliphatic rings. The van der Waals surface area contributed by atoms with Crippen LogP contribution in [0.15, 0.2) is 36.7 Å². The molecule has 0 saturated carbocycles. The Labute approximate surface area is 186 Å². The quantitative estimate of drug-likeness (QED) is 0.133. The van der Waals surface area contributed by atoms with E-state index in [-0.39, 0.29) is 49.1 Å². The summed E-state index contributed by atoms with van der Waals surface area (Å²) in [6.07, 6.45) is 3.24. The molecule has 0 atom stereocenters. The molecule has 32 heavy (non-hydrogen) atoms. The number of aromatic nitrogens is 2. The number of pyridine rings is 2. The second kappa shape index (κ2) is 11.3. The number of hydrogen-bond donors (Lipinski definition) is 8. The predicted octanol–water partition coefficient (Wildman–Crippen LogP) is -1.78. The van der Waals surface area contributed by atoms with Crippen LogP contribution in [-0.4, -0.2) is 81.3 Å². The first kappa shape index (κ1) is 25.7. The van der Waals surface area contributed by atoms with E-state index in [0.717, 1.165) is 0 Å². The van der Waals surface area contributed by atoms with E-state index in [1.165, 1.54) is 36.7 Å². The van der Waals surface area contributed by atoms with Crippen molar-refractivity contribution in [3.63, 3.8) is 0 Å². The Kier molecular flexibility index (Phi) is 9.11. The molecule has 0 aliphatic heterocycles. The topological polar surface area (TPSA) is 205 Å². The molecule has 0 spiro atoms. The lowest BCUT2D eigenvalue weighted by molar-refractivity contribution is 0.0944. The minimum Gasteiger partial charge on any atom is -0.390 e. The molecule has 0 aromatic carbocycles. The van der Waals surface area contributed by atoms with Crippen molar-refractivity contribution < 1.29 is 38.4 Å². The number of nitrogens with zero attached hydrogens (tertiary/aromatic N) is 2. The third-order valence-corrected chi connectivity index (χ3v) is 6.30. The van der Waals surface area contributed by atoms with Gasteiger partial charge in [0.2, 0.25) is 0 Å². The zero-order chi connectivity index (χ0) is 23.8. The number of hydrogen-bond acceptors (Lipinski definition) is 10. The first-order valence-corrected chi connectivity index (χ1v) is 13.9. The van der Waals surface area contributed by atoms with Crippen LogP contribution in [0, 0.1) is 0 Å². The van der Waals surface area contributed by atoms with Crippen LogP contribution in [0.1, 0.15) is 33.6 Å². The summed E-state index contributed by atoms with van der Waals surface area (Å²) < 4.78 is 0. The fraction of sp³-hybridized carbons (Fsp3) is 0.333. The van der Waals surface area contributed by atoms with Gasteiger partial charge >= 0.3 is 17.6 Å². The van der Waals surface area contributed by atoms with Crippen LogP contribution in [0.3, 0.4) is 0 Å². The predicted molar refractivity (Wildman–Crippen MR) is 116 cm³/mol. The molecule has 2 aromatic rings. The van der Waals surface area contributed by atoms with Gasteiger partial charge in [-0.3, -0.25) is 19.6 Å². The fourth-order valence-electron chi connectivity index (χ4n) is 2.68. The van der Waals surface area contributed by atoms with Crippen LogP contribution in [-0.2, 0) is 0 Å². The number of amides is 2. The second-order valence-electron chi connectivity index (χ2n) is 7.13. The minimum absolute atomic E-state index is 0.146. The average Bonchev–Trinajstić information content (AvgIpc) is 2.73. The normalized spacial score (nSPS) is 11.8. The van der Waals surface area contributed by atoms with E-state index in [2.05, 4.69) is 20.6 Å². The number of carbonyl (C=O) groups excluding carboxylic acids is 2.